The Bertz CT molecular complexity index is 695. The van der Waals surface area contributed by atoms with Crippen LogP contribution in [0.25, 0.3) is 11.3 Å². The number of ether oxygens (including phenoxy) is 1. The molecule has 0 aliphatic carbocycles. The van der Waals surface area contributed by atoms with E-state index in [-0.39, 0.29) is 12.3 Å². The molecule has 0 saturated heterocycles. The number of carbonyl (C=O) groups is 1. The molecule has 0 bridgehead atoms. The molecule has 20 heavy (non-hydrogen) atoms. The summed E-state index contributed by atoms with van der Waals surface area (Å²) in [6.07, 6.45) is 1.27. The van der Waals surface area contributed by atoms with Gasteiger partial charge in [-0.3, -0.25) is 5.41 Å². The van der Waals surface area contributed by atoms with Crippen molar-refractivity contribution in [2.45, 2.75) is 6.92 Å². The number of carbonyl (C=O) groups excluding carboxylic acids is 1. The Morgan fingerprint density at radius 2 is 2.10 bits per heavy atom. The van der Waals surface area contributed by atoms with Crippen LogP contribution in [0.15, 0.2) is 34.9 Å². The molecule has 2 N–H and O–H groups in total. The summed E-state index contributed by atoms with van der Waals surface area (Å²) in [4.78, 5) is 15.8. The van der Waals surface area contributed by atoms with Crippen LogP contribution >= 0.6 is 15.9 Å². The number of nitrogens with zero attached hydrogens (tertiary/aromatic N) is 2. The number of hydrogen-bond acceptors (Lipinski definition) is 5. The molecular weight excluding hydrogens is 326 g/mol. The van der Waals surface area contributed by atoms with Crippen LogP contribution in [0.4, 0.5) is 0 Å². The summed E-state index contributed by atoms with van der Waals surface area (Å²) < 4.78 is 6.28. The first kappa shape index (κ1) is 14.3. The van der Waals surface area contributed by atoms with E-state index in [9.17, 15) is 10.0 Å². The highest BCUT2D eigenvalue weighted by molar-refractivity contribution is 9.10. The molecule has 0 aliphatic rings. The first-order valence-electron chi connectivity index (χ1n) is 5.83. The van der Waals surface area contributed by atoms with Gasteiger partial charge in [-0.25, -0.2) is 9.78 Å². The van der Waals surface area contributed by atoms with Crippen molar-refractivity contribution in [2.24, 2.45) is 0 Å². The van der Waals surface area contributed by atoms with Crippen LogP contribution in [0.2, 0.25) is 0 Å². The van der Waals surface area contributed by atoms with Crippen LogP contribution in [0.1, 0.15) is 17.4 Å². The lowest BCUT2D eigenvalue weighted by Gasteiger charge is -2.07. The van der Waals surface area contributed by atoms with E-state index < -0.39 is 11.5 Å². The van der Waals surface area contributed by atoms with Gasteiger partial charge in [0.2, 0.25) is 0 Å². The summed E-state index contributed by atoms with van der Waals surface area (Å²) >= 11 is 3.32. The Hall–Kier alpha value is -2.15. The minimum Gasteiger partial charge on any atom is -0.461 e. The monoisotopic (exact) mass is 337 g/mol. The molecule has 1 aromatic carbocycles. The number of esters is 1. The zero-order chi connectivity index (χ0) is 14.7. The Labute approximate surface area is 123 Å². The van der Waals surface area contributed by atoms with Crippen LogP contribution < -0.4 is 5.49 Å². The minimum absolute atomic E-state index is 0.174. The second-order valence-corrected chi connectivity index (χ2v) is 4.81. The molecule has 1 heterocycles. The average Bonchev–Trinajstić information content (AvgIpc) is 2.43. The van der Waals surface area contributed by atoms with Gasteiger partial charge >= 0.3 is 5.97 Å². The van der Waals surface area contributed by atoms with Gasteiger partial charge in [0, 0.05) is 10.0 Å². The van der Waals surface area contributed by atoms with Crippen molar-refractivity contribution >= 4 is 21.9 Å². The molecule has 0 radical (unpaired) electrons. The SMILES string of the molecule is CCOC(=O)c1nc(-c2ccc(Br)cc2)cn(O)c1=N. The largest absolute Gasteiger partial charge is 0.461 e. The maximum absolute atomic E-state index is 11.7. The van der Waals surface area contributed by atoms with Crippen molar-refractivity contribution in [3.8, 4) is 11.3 Å². The van der Waals surface area contributed by atoms with Crippen molar-refractivity contribution in [1.82, 2.24) is 9.71 Å². The van der Waals surface area contributed by atoms with Gasteiger partial charge in [0.25, 0.3) is 0 Å². The van der Waals surface area contributed by atoms with Crippen molar-refractivity contribution in [2.75, 3.05) is 6.61 Å². The molecule has 6 nitrogen and oxygen atoms in total. The molecule has 0 fully saturated rings. The fraction of sp³-hybridized carbons (Fsp3) is 0.154. The molecule has 0 unspecified atom stereocenters. The lowest BCUT2D eigenvalue weighted by Crippen LogP contribution is -2.28. The molecule has 0 amide bonds. The Balaban J connectivity index is 2.53. The third-order valence-corrected chi connectivity index (χ3v) is 3.07. The topological polar surface area (TPSA) is 88.2 Å². The second-order valence-electron chi connectivity index (χ2n) is 3.90. The lowest BCUT2D eigenvalue weighted by atomic mass is 10.1. The smallest absolute Gasteiger partial charge is 0.360 e. The second kappa shape index (κ2) is 5.87. The Morgan fingerprint density at radius 1 is 1.45 bits per heavy atom. The van der Waals surface area contributed by atoms with E-state index in [0.29, 0.717) is 16.0 Å². The molecule has 2 rings (SSSR count). The highest BCUT2D eigenvalue weighted by atomic mass is 79.9. The van der Waals surface area contributed by atoms with E-state index in [1.807, 2.05) is 12.1 Å². The first-order chi connectivity index (χ1) is 9.52. The van der Waals surface area contributed by atoms with E-state index >= 15 is 0 Å². The van der Waals surface area contributed by atoms with E-state index in [1.54, 1.807) is 19.1 Å². The maximum Gasteiger partial charge on any atom is 0.360 e. The van der Waals surface area contributed by atoms with Crippen LogP contribution in [0.5, 0.6) is 0 Å². The predicted octanol–water partition coefficient (Wildman–Crippen LogP) is 2.21. The average molecular weight is 338 g/mol. The molecule has 0 saturated carbocycles. The summed E-state index contributed by atoms with van der Waals surface area (Å²) in [7, 11) is 0. The highest BCUT2D eigenvalue weighted by Gasteiger charge is 2.15. The molecular formula is C13H12BrN3O3. The van der Waals surface area contributed by atoms with Gasteiger partial charge in [-0.15, -0.1) is 0 Å². The molecule has 1 aromatic heterocycles. The van der Waals surface area contributed by atoms with Gasteiger partial charge in [-0.1, -0.05) is 28.1 Å². The Morgan fingerprint density at radius 3 is 2.70 bits per heavy atom. The van der Waals surface area contributed by atoms with E-state index in [4.69, 9.17) is 10.1 Å². The van der Waals surface area contributed by atoms with Gasteiger partial charge in [0.05, 0.1) is 18.5 Å². The van der Waals surface area contributed by atoms with Crippen LogP contribution in [0, 0.1) is 5.41 Å². The Kier molecular flexibility index (Phi) is 4.19. The highest BCUT2D eigenvalue weighted by Crippen LogP contribution is 2.19. The number of hydrogen-bond donors (Lipinski definition) is 2. The molecule has 0 aliphatic heterocycles. The van der Waals surface area contributed by atoms with Crippen molar-refractivity contribution < 1.29 is 14.7 Å². The van der Waals surface area contributed by atoms with Crippen LogP contribution in [-0.2, 0) is 4.74 Å². The zero-order valence-corrected chi connectivity index (χ0v) is 12.2. The fourth-order valence-electron chi connectivity index (χ4n) is 1.59. The standard InChI is InChI=1S/C13H12BrN3O3/c1-2-20-13(18)11-12(15)17(19)7-10(16-11)8-3-5-9(14)6-4-8/h3-7,15,19H,2H2,1H3. The van der Waals surface area contributed by atoms with Gasteiger partial charge in [0.15, 0.2) is 11.2 Å². The summed E-state index contributed by atoms with van der Waals surface area (Å²) in [5.74, 6) is -0.737. The van der Waals surface area contributed by atoms with Crippen molar-refractivity contribution in [3.05, 3.63) is 46.1 Å². The lowest BCUT2D eigenvalue weighted by molar-refractivity contribution is 0.0508. The van der Waals surface area contributed by atoms with Crippen molar-refractivity contribution in [1.29, 1.82) is 5.41 Å². The molecule has 7 heteroatoms. The maximum atomic E-state index is 11.7. The zero-order valence-electron chi connectivity index (χ0n) is 10.6. The summed E-state index contributed by atoms with van der Waals surface area (Å²) in [5, 5.41) is 17.3. The van der Waals surface area contributed by atoms with E-state index in [1.165, 1.54) is 6.20 Å². The molecule has 104 valence electrons. The molecule has 0 atom stereocenters. The number of nitrogens with one attached hydrogen (secondary N) is 1. The van der Waals surface area contributed by atoms with Gasteiger partial charge in [-0.2, -0.15) is 4.73 Å². The number of halogens is 1. The first-order valence-corrected chi connectivity index (χ1v) is 6.63. The normalized spacial score (nSPS) is 10.3. The number of benzene rings is 1. The third-order valence-electron chi connectivity index (χ3n) is 2.54. The molecule has 2 aromatic rings. The summed E-state index contributed by atoms with van der Waals surface area (Å²) in [6.45, 7) is 1.83. The summed E-state index contributed by atoms with van der Waals surface area (Å²) in [6, 6.07) is 7.20. The predicted molar refractivity (Wildman–Crippen MR) is 74.4 cm³/mol. The summed E-state index contributed by atoms with van der Waals surface area (Å²) in [5.41, 5.74) is 0.444. The van der Waals surface area contributed by atoms with E-state index in [2.05, 4.69) is 20.9 Å². The van der Waals surface area contributed by atoms with Crippen molar-refractivity contribution in [3.63, 3.8) is 0 Å². The van der Waals surface area contributed by atoms with Gasteiger partial charge in [0.1, 0.15) is 0 Å². The minimum atomic E-state index is -0.737. The third kappa shape index (κ3) is 2.88. The van der Waals surface area contributed by atoms with Crippen LogP contribution in [0.3, 0.4) is 0 Å². The fourth-order valence-corrected chi connectivity index (χ4v) is 1.86. The van der Waals surface area contributed by atoms with Crippen LogP contribution in [-0.4, -0.2) is 27.5 Å². The molecule has 0 spiro atoms. The quantitative estimate of drug-likeness (QED) is 0.663. The number of rotatable bonds is 3. The number of aromatic nitrogens is 2. The van der Waals surface area contributed by atoms with E-state index in [0.717, 1.165) is 4.47 Å². The van der Waals surface area contributed by atoms with Gasteiger partial charge < -0.3 is 9.94 Å². The van der Waals surface area contributed by atoms with Gasteiger partial charge in [-0.05, 0) is 19.1 Å².